The lowest BCUT2D eigenvalue weighted by Crippen LogP contribution is -2.42. The van der Waals surface area contributed by atoms with E-state index < -0.39 is 12.0 Å². The van der Waals surface area contributed by atoms with Gasteiger partial charge in [0.25, 0.3) is 0 Å². The Morgan fingerprint density at radius 2 is 2.21 bits per heavy atom. The number of aliphatic carboxylic acids is 1. The third-order valence-corrected chi connectivity index (χ3v) is 1.78. The molecule has 0 aromatic carbocycles. The Kier molecular flexibility index (Phi) is 5.26. The molecule has 0 saturated carbocycles. The predicted octanol–water partition coefficient (Wildman–Crippen LogP) is -0.969. The van der Waals surface area contributed by atoms with Crippen LogP contribution in [0, 0.1) is 11.3 Å². The fraction of sp³-hybridized carbons (Fsp3) is 0.625. The van der Waals surface area contributed by atoms with Gasteiger partial charge in [0.15, 0.2) is 0 Å². The van der Waals surface area contributed by atoms with Gasteiger partial charge in [-0.2, -0.15) is 5.26 Å². The predicted molar refractivity (Wildman–Crippen MR) is 48.4 cm³/mol. The van der Waals surface area contributed by atoms with E-state index in [1.54, 1.807) is 6.07 Å². The second-order valence-electron chi connectivity index (χ2n) is 2.86. The zero-order chi connectivity index (χ0) is 11.1. The van der Waals surface area contributed by atoms with E-state index in [-0.39, 0.29) is 19.0 Å². The number of carbonyl (C=O) groups is 2. The number of carbonyl (C=O) groups excluding carboxylic acids is 1. The number of carboxylic acid groups (broad SMARTS) is 1. The van der Waals surface area contributed by atoms with Crippen LogP contribution in [0.25, 0.3) is 0 Å². The van der Waals surface area contributed by atoms with Crippen molar-refractivity contribution in [3.8, 4) is 6.07 Å². The summed E-state index contributed by atoms with van der Waals surface area (Å²) in [5, 5.41) is 19.1. The molecule has 0 fully saturated rings. The van der Waals surface area contributed by atoms with Gasteiger partial charge in [-0.15, -0.1) is 0 Å². The molecular weight excluding hydrogens is 186 g/mol. The molecule has 0 bridgehead atoms. The van der Waals surface area contributed by atoms with Crippen LogP contribution >= 0.6 is 0 Å². The van der Waals surface area contributed by atoms with Crippen LogP contribution in [-0.2, 0) is 9.59 Å². The van der Waals surface area contributed by atoms with E-state index >= 15 is 0 Å². The monoisotopic (exact) mass is 199 g/mol. The average molecular weight is 199 g/mol. The number of nitrogens with one attached hydrogen (secondary N) is 1. The van der Waals surface area contributed by atoms with Crippen molar-refractivity contribution in [3.05, 3.63) is 0 Å². The highest BCUT2D eigenvalue weighted by Crippen LogP contribution is 1.94. The number of carboxylic acids is 1. The van der Waals surface area contributed by atoms with Gasteiger partial charge >= 0.3 is 5.97 Å². The number of hydrogen-bond donors (Lipinski definition) is 2. The second-order valence-corrected chi connectivity index (χ2v) is 2.86. The molecule has 0 aliphatic heterocycles. The Balaban J connectivity index is 3.94. The van der Waals surface area contributed by atoms with Gasteiger partial charge in [-0.05, 0) is 14.0 Å². The summed E-state index contributed by atoms with van der Waals surface area (Å²) in [6, 6.07) is 1.04. The van der Waals surface area contributed by atoms with Crippen molar-refractivity contribution < 1.29 is 14.7 Å². The first-order valence-corrected chi connectivity index (χ1v) is 4.05. The summed E-state index contributed by atoms with van der Waals surface area (Å²) >= 11 is 0. The Labute approximate surface area is 82.1 Å². The van der Waals surface area contributed by atoms with Gasteiger partial charge < -0.3 is 10.4 Å². The highest BCUT2D eigenvalue weighted by atomic mass is 16.4. The maximum absolute atomic E-state index is 11.0. The summed E-state index contributed by atoms with van der Waals surface area (Å²) in [5.41, 5.74) is 0. The van der Waals surface area contributed by atoms with E-state index in [1.807, 2.05) is 0 Å². The lowest BCUT2D eigenvalue weighted by Gasteiger charge is -2.19. The molecule has 6 heteroatoms. The maximum atomic E-state index is 11.0. The zero-order valence-electron chi connectivity index (χ0n) is 8.15. The van der Waals surface area contributed by atoms with E-state index in [0.717, 1.165) is 0 Å². The molecular formula is C8H13N3O3. The smallest absolute Gasteiger partial charge is 0.320 e. The van der Waals surface area contributed by atoms with Crippen LogP contribution in [0.5, 0.6) is 0 Å². The van der Waals surface area contributed by atoms with Crippen molar-refractivity contribution in [3.63, 3.8) is 0 Å². The summed E-state index contributed by atoms with van der Waals surface area (Å²) in [6.07, 6.45) is 0. The van der Waals surface area contributed by atoms with Crippen molar-refractivity contribution >= 4 is 11.9 Å². The Hall–Kier alpha value is -1.61. The second kappa shape index (κ2) is 5.94. The summed E-state index contributed by atoms with van der Waals surface area (Å²) < 4.78 is 0. The number of amides is 1. The first-order chi connectivity index (χ1) is 6.49. The first-order valence-electron chi connectivity index (χ1n) is 4.05. The molecule has 1 atom stereocenters. The van der Waals surface area contributed by atoms with Gasteiger partial charge in [-0.1, -0.05) is 0 Å². The molecule has 0 heterocycles. The van der Waals surface area contributed by atoms with Gasteiger partial charge in [0.1, 0.15) is 12.6 Å². The highest BCUT2D eigenvalue weighted by Gasteiger charge is 2.18. The molecule has 0 aromatic heterocycles. The Morgan fingerprint density at radius 3 is 2.64 bits per heavy atom. The molecule has 1 unspecified atom stereocenters. The minimum Gasteiger partial charge on any atom is -0.480 e. The molecule has 0 radical (unpaired) electrons. The normalized spacial score (nSPS) is 11.9. The van der Waals surface area contributed by atoms with E-state index in [2.05, 4.69) is 5.32 Å². The van der Waals surface area contributed by atoms with Gasteiger partial charge in [-0.3, -0.25) is 14.5 Å². The third-order valence-electron chi connectivity index (χ3n) is 1.78. The lowest BCUT2D eigenvalue weighted by atomic mass is 10.3. The highest BCUT2D eigenvalue weighted by molar-refractivity contribution is 5.79. The van der Waals surface area contributed by atoms with Gasteiger partial charge in [0.05, 0.1) is 12.6 Å². The average Bonchev–Trinajstić information content (AvgIpc) is 2.13. The molecule has 2 N–H and O–H groups in total. The van der Waals surface area contributed by atoms with Crippen LogP contribution in [0.2, 0.25) is 0 Å². The third kappa shape index (κ3) is 4.42. The standard InChI is InChI=1S/C8H13N3O3/c1-6(8(13)14)11(2)5-7(12)10-4-3-9/h6H,4-5H2,1-2H3,(H,10,12)(H,13,14). The molecule has 0 rings (SSSR count). The van der Waals surface area contributed by atoms with Gasteiger partial charge in [0.2, 0.25) is 5.91 Å². The van der Waals surface area contributed by atoms with E-state index in [0.29, 0.717) is 0 Å². The quantitative estimate of drug-likeness (QED) is 0.556. The van der Waals surface area contributed by atoms with Crippen LogP contribution in [0.4, 0.5) is 0 Å². The largest absolute Gasteiger partial charge is 0.480 e. The summed E-state index contributed by atoms with van der Waals surface area (Å²) in [7, 11) is 1.53. The summed E-state index contributed by atoms with van der Waals surface area (Å²) in [4.78, 5) is 22.9. The molecule has 1 amide bonds. The fourth-order valence-corrected chi connectivity index (χ4v) is 0.746. The van der Waals surface area contributed by atoms with Crippen LogP contribution < -0.4 is 5.32 Å². The summed E-state index contributed by atoms with van der Waals surface area (Å²) in [6.45, 7) is 1.39. The van der Waals surface area contributed by atoms with E-state index in [4.69, 9.17) is 10.4 Å². The van der Waals surface area contributed by atoms with Crippen molar-refractivity contribution in [2.45, 2.75) is 13.0 Å². The number of nitrogens with zero attached hydrogens (tertiary/aromatic N) is 2. The first kappa shape index (κ1) is 12.4. The number of likely N-dealkylation sites (N-methyl/N-ethyl adjacent to an activating group) is 1. The van der Waals surface area contributed by atoms with Crippen molar-refractivity contribution in [1.29, 1.82) is 5.26 Å². The van der Waals surface area contributed by atoms with Crippen LogP contribution in [0.1, 0.15) is 6.92 Å². The molecule has 78 valence electrons. The van der Waals surface area contributed by atoms with Crippen molar-refractivity contribution in [1.82, 2.24) is 10.2 Å². The zero-order valence-corrected chi connectivity index (χ0v) is 8.15. The van der Waals surface area contributed by atoms with E-state index in [9.17, 15) is 9.59 Å². The van der Waals surface area contributed by atoms with Gasteiger partial charge in [-0.25, -0.2) is 0 Å². The Morgan fingerprint density at radius 1 is 1.64 bits per heavy atom. The molecule has 0 aliphatic carbocycles. The fourth-order valence-electron chi connectivity index (χ4n) is 0.746. The molecule has 6 nitrogen and oxygen atoms in total. The number of hydrogen-bond acceptors (Lipinski definition) is 4. The van der Waals surface area contributed by atoms with Crippen LogP contribution in [0.3, 0.4) is 0 Å². The summed E-state index contributed by atoms with van der Waals surface area (Å²) in [5.74, 6) is -1.34. The van der Waals surface area contributed by atoms with Crippen molar-refractivity contribution in [2.75, 3.05) is 20.1 Å². The minimum absolute atomic E-state index is 0.0326. The maximum Gasteiger partial charge on any atom is 0.320 e. The van der Waals surface area contributed by atoms with Crippen LogP contribution in [-0.4, -0.2) is 48.1 Å². The Bertz CT molecular complexity index is 259. The van der Waals surface area contributed by atoms with Gasteiger partial charge in [0, 0.05) is 0 Å². The topological polar surface area (TPSA) is 93.4 Å². The number of rotatable bonds is 5. The number of nitriles is 1. The SMILES string of the molecule is CC(C(=O)O)N(C)CC(=O)NCC#N. The molecule has 0 spiro atoms. The van der Waals surface area contributed by atoms with Crippen molar-refractivity contribution in [2.24, 2.45) is 0 Å². The molecule has 0 saturated heterocycles. The molecule has 0 aromatic rings. The van der Waals surface area contributed by atoms with E-state index in [1.165, 1.54) is 18.9 Å². The van der Waals surface area contributed by atoms with Crippen LogP contribution in [0.15, 0.2) is 0 Å². The molecule has 0 aliphatic rings. The minimum atomic E-state index is -0.986. The molecule has 14 heavy (non-hydrogen) atoms. The lowest BCUT2D eigenvalue weighted by molar-refractivity contribution is -0.142.